The van der Waals surface area contributed by atoms with Crippen molar-refractivity contribution in [2.45, 2.75) is 13.0 Å². The Balaban J connectivity index is 1.65. The standard InChI is InChI=1S/C14H19N3O2/c18-14-15-12-4-1-2-5-13(12)17(14)7-3-6-16-8-10-19-11-9-16/h1-2,4-5H,3,6-11H2,(H,15,18). The maximum atomic E-state index is 11.9. The third-order valence-corrected chi connectivity index (χ3v) is 3.64. The Kier molecular flexibility index (Phi) is 3.66. The molecule has 1 aromatic heterocycles. The Morgan fingerprint density at radius 3 is 2.79 bits per heavy atom. The number of hydrogen-bond donors (Lipinski definition) is 1. The van der Waals surface area contributed by atoms with E-state index in [1.807, 2.05) is 28.8 Å². The van der Waals surface area contributed by atoms with Crippen LogP contribution in [0.15, 0.2) is 29.1 Å². The summed E-state index contributed by atoms with van der Waals surface area (Å²) >= 11 is 0. The molecule has 0 saturated carbocycles. The summed E-state index contributed by atoms with van der Waals surface area (Å²) in [5.74, 6) is 0. The van der Waals surface area contributed by atoms with E-state index in [9.17, 15) is 4.79 Å². The number of para-hydroxylation sites is 2. The van der Waals surface area contributed by atoms with E-state index in [-0.39, 0.29) is 5.69 Å². The monoisotopic (exact) mass is 261 g/mol. The average molecular weight is 261 g/mol. The fourth-order valence-corrected chi connectivity index (χ4v) is 2.61. The number of aromatic nitrogens is 2. The van der Waals surface area contributed by atoms with E-state index >= 15 is 0 Å². The van der Waals surface area contributed by atoms with Gasteiger partial charge >= 0.3 is 5.69 Å². The van der Waals surface area contributed by atoms with E-state index in [1.54, 1.807) is 0 Å². The Labute approximate surface area is 111 Å². The van der Waals surface area contributed by atoms with Crippen molar-refractivity contribution in [1.82, 2.24) is 14.5 Å². The maximum Gasteiger partial charge on any atom is 0.326 e. The first-order valence-electron chi connectivity index (χ1n) is 6.82. The molecular formula is C14H19N3O2. The highest BCUT2D eigenvalue weighted by atomic mass is 16.5. The Bertz CT molecular complexity index is 596. The third kappa shape index (κ3) is 2.72. The molecule has 1 fully saturated rings. The summed E-state index contributed by atoms with van der Waals surface area (Å²) in [6.45, 7) is 5.45. The van der Waals surface area contributed by atoms with Gasteiger partial charge in [-0.2, -0.15) is 0 Å². The molecule has 1 aliphatic rings. The van der Waals surface area contributed by atoms with Gasteiger partial charge in [0, 0.05) is 26.2 Å². The van der Waals surface area contributed by atoms with E-state index in [0.717, 1.165) is 56.8 Å². The zero-order valence-electron chi connectivity index (χ0n) is 11.0. The van der Waals surface area contributed by atoms with Crippen LogP contribution in [-0.2, 0) is 11.3 Å². The van der Waals surface area contributed by atoms with Crippen molar-refractivity contribution in [3.63, 3.8) is 0 Å². The van der Waals surface area contributed by atoms with Crippen LogP contribution in [0, 0.1) is 0 Å². The topological polar surface area (TPSA) is 50.3 Å². The smallest absolute Gasteiger partial charge is 0.326 e. The highest BCUT2D eigenvalue weighted by Crippen LogP contribution is 2.09. The zero-order valence-corrected chi connectivity index (χ0v) is 11.0. The summed E-state index contributed by atoms with van der Waals surface area (Å²) in [6, 6.07) is 7.83. The molecule has 0 amide bonds. The molecule has 5 heteroatoms. The molecule has 1 aliphatic heterocycles. The van der Waals surface area contributed by atoms with Gasteiger partial charge < -0.3 is 9.72 Å². The molecule has 102 valence electrons. The van der Waals surface area contributed by atoms with Crippen LogP contribution in [0.2, 0.25) is 0 Å². The van der Waals surface area contributed by atoms with E-state index < -0.39 is 0 Å². The second kappa shape index (κ2) is 5.59. The number of fused-ring (bicyclic) bond motifs is 1. The summed E-state index contributed by atoms with van der Waals surface area (Å²) in [5, 5.41) is 0. The van der Waals surface area contributed by atoms with Crippen LogP contribution in [0.5, 0.6) is 0 Å². The van der Waals surface area contributed by atoms with Gasteiger partial charge in [0.1, 0.15) is 0 Å². The minimum Gasteiger partial charge on any atom is -0.379 e. The molecule has 0 bridgehead atoms. The fourth-order valence-electron chi connectivity index (χ4n) is 2.61. The number of morpholine rings is 1. The summed E-state index contributed by atoms with van der Waals surface area (Å²) < 4.78 is 7.16. The zero-order chi connectivity index (χ0) is 13.1. The predicted octanol–water partition coefficient (Wildman–Crippen LogP) is 1.05. The number of aromatic amines is 1. The number of H-pyrrole nitrogens is 1. The minimum absolute atomic E-state index is 0.0109. The van der Waals surface area contributed by atoms with E-state index in [4.69, 9.17) is 4.74 Å². The SMILES string of the molecule is O=c1[nH]c2ccccc2n1CCCN1CCOCC1. The number of ether oxygens (including phenoxy) is 1. The summed E-state index contributed by atoms with van der Waals surface area (Å²) in [6.07, 6.45) is 0.988. The normalized spacial score (nSPS) is 17.1. The maximum absolute atomic E-state index is 11.9. The van der Waals surface area contributed by atoms with Crippen LogP contribution >= 0.6 is 0 Å². The van der Waals surface area contributed by atoms with Crippen LogP contribution in [0.4, 0.5) is 0 Å². The average Bonchev–Trinajstić information content (AvgIpc) is 2.76. The third-order valence-electron chi connectivity index (χ3n) is 3.64. The summed E-state index contributed by atoms with van der Waals surface area (Å²) in [5.41, 5.74) is 1.90. The molecule has 1 aromatic carbocycles. The van der Waals surface area contributed by atoms with Gasteiger partial charge in [-0.05, 0) is 18.6 Å². The lowest BCUT2D eigenvalue weighted by atomic mass is 10.3. The Morgan fingerprint density at radius 1 is 1.16 bits per heavy atom. The first kappa shape index (κ1) is 12.4. The Hall–Kier alpha value is -1.59. The molecular weight excluding hydrogens is 242 g/mol. The minimum atomic E-state index is -0.0109. The molecule has 0 atom stereocenters. The number of rotatable bonds is 4. The number of imidazole rings is 1. The predicted molar refractivity (Wildman–Crippen MR) is 74.4 cm³/mol. The molecule has 2 aromatic rings. The molecule has 0 radical (unpaired) electrons. The molecule has 2 heterocycles. The first-order valence-corrected chi connectivity index (χ1v) is 6.82. The van der Waals surface area contributed by atoms with Gasteiger partial charge in [-0.1, -0.05) is 12.1 Å². The number of nitrogens with one attached hydrogen (secondary N) is 1. The van der Waals surface area contributed by atoms with Gasteiger partial charge in [-0.25, -0.2) is 4.79 Å². The molecule has 5 nitrogen and oxygen atoms in total. The van der Waals surface area contributed by atoms with Crippen LogP contribution in [-0.4, -0.2) is 47.3 Å². The van der Waals surface area contributed by atoms with E-state index in [1.165, 1.54) is 0 Å². The lowest BCUT2D eigenvalue weighted by Gasteiger charge is -2.26. The van der Waals surface area contributed by atoms with Crippen molar-refractivity contribution in [3.05, 3.63) is 34.7 Å². The second-order valence-electron chi connectivity index (χ2n) is 4.91. The van der Waals surface area contributed by atoms with E-state index in [2.05, 4.69) is 9.88 Å². The van der Waals surface area contributed by atoms with Crippen molar-refractivity contribution >= 4 is 11.0 Å². The first-order chi connectivity index (χ1) is 9.34. The summed E-state index contributed by atoms with van der Waals surface area (Å²) in [7, 11) is 0. The molecule has 0 unspecified atom stereocenters. The van der Waals surface area contributed by atoms with Crippen LogP contribution in [0.25, 0.3) is 11.0 Å². The van der Waals surface area contributed by atoms with Crippen LogP contribution in [0.3, 0.4) is 0 Å². The Morgan fingerprint density at radius 2 is 1.95 bits per heavy atom. The van der Waals surface area contributed by atoms with Crippen molar-refractivity contribution in [2.75, 3.05) is 32.8 Å². The number of aryl methyl sites for hydroxylation is 1. The van der Waals surface area contributed by atoms with Crippen molar-refractivity contribution in [3.8, 4) is 0 Å². The lowest BCUT2D eigenvalue weighted by Crippen LogP contribution is -2.37. The van der Waals surface area contributed by atoms with Gasteiger partial charge in [0.05, 0.1) is 24.2 Å². The number of hydrogen-bond acceptors (Lipinski definition) is 3. The van der Waals surface area contributed by atoms with Gasteiger partial charge in [0.15, 0.2) is 0 Å². The number of nitrogens with zero attached hydrogens (tertiary/aromatic N) is 2. The largest absolute Gasteiger partial charge is 0.379 e. The van der Waals surface area contributed by atoms with Crippen LogP contribution in [0.1, 0.15) is 6.42 Å². The molecule has 0 aliphatic carbocycles. The fraction of sp³-hybridized carbons (Fsp3) is 0.500. The number of benzene rings is 1. The van der Waals surface area contributed by atoms with Crippen LogP contribution < -0.4 is 5.69 Å². The van der Waals surface area contributed by atoms with Gasteiger partial charge in [-0.3, -0.25) is 9.47 Å². The van der Waals surface area contributed by atoms with Gasteiger partial charge in [0.2, 0.25) is 0 Å². The molecule has 1 saturated heterocycles. The van der Waals surface area contributed by atoms with E-state index in [0.29, 0.717) is 0 Å². The van der Waals surface area contributed by atoms with Gasteiger partial charge in [0.25, 0.3) is 0 Å². The molecule has 0 spiro atoms. The molecule has 19 heavy (non-hydrogen) atoms. The second-order valence-corrected chi connectivity index (χ2v) is 4.91. The lowest BCUT2D eigenvalue weighted by molar-refractivity contribution is 0.0369. The van der Waals surface area contributed by atoms with Gasteiger partial charge in [-0.15, -0.1) is 0 Å². The highest BCUT2D eigenvalue weighted by molar-refractivity contribution is 5.74. The summed E-state index contributed by atoms with van der Waals surface area (Å²) in [4.78, 5) is 17.2. The quantitative estimate of drug-likeness (QED) is 0.895. The highest BCUT2D eigenvalue weighted by Gasteiger charge is 2.10. The van der Waals surface area contributed by atoms with Crippen molar-refractivity contribution in [2.24, 2.45) is 0 Å². The van der Waals surface area contributed by atoms with Crippen molar-refractivity contribution < 1.29 is 4.74 Å². The molecule has 3 rings (SSSR count). The molecule has 1 N–H and O–H groups in total. The van der Waals surface area contributed by atoms with Crippen molar-refractivity contribution in [1.29, 1.82) is 0 Å².